The molecule has 90 valence electrons. The average Bonchev–Trinajstić information content (AvgIpc) is 2.39. The molecule has 0 saturated carbocycles. The standard InChI is InChI=1S/C14H13N3O/c1-9-7-12-11(14(18)16-9)8-15-13(17-12)10-5-3-2-4-6-10/h2-6,8-9H,7H2,1H3,(H,16,18). The third-order valence-electron chi connectivity index (χ3n) is 3.02. The van der Waals surface area contributed by atoms with Crippen LogP contribution in [-0.4, -0.2) is 21.9 Å². The van der Waals surface area contributed by atoms with Gasteiger partial charge >= 0.3 is 0 Å². The van der Waals surface area contributed by atoms with Crippen molar-refractivity contribution in [1.29, 1.82) is 0 Å². The molecule has 0 spiro atoms. The Morgan fingerprint density at radius 1 is 1.28 bits per heavy atom. The number of hydrogen-bond donors (Lipinski definition) is 1. The normalized spacial score (nSPS) is 18.1. The summed E-state index contributed by atoms with van der Waals surface area (Å²) in [6, 6.07) is 9.92. The van der Waals surface area contributed by atoms with Crippen molar-refractivity contribution in [3.8, 4) is 11.4 Å². The number of carbonyl (C=O) groups is 1. The van der Waals surface area contributed by atoms with E-state index in [1.807, 2.05) is 37.3 Å². The van der Waals surface area contributed by atoms with Crippen LogP contribution in [0, 0.1) is 0 Å². The molecule has 1 atom stereocenters. The molecule has 2 aromatic rings. The van der Waals surface area contributed by atoms with Crippen LogP contribution in [0.25, 0.3) is 11.4 Å². The molecule has 0 aliphatic carbocycles. The molecule has 1 aliphatic heterocycles. The Morgan fingerprint density at radius 3 is 2.83 bits per heavy atom. The van der Waals surface area contributed by atoms with Crippen molar-refractivity contribution in [2.45, 2.75) is 19.4 Å². The van der Waals surface area contributed by atoms with Gasteiger partial charge in [0, 0.05) is 24.2 Å². The van der Waals surface area contributed by atoms with Crippen LogP contribution in [0.5, 0.6) is 0 Å². The first kappa shape index (κ1) is 10.9. The van der Waals surface area contributed by atoms with Gasteiger partial charge in [-0.25, -0.2) is 9.97 Å². The van der Waals surface area contributed by atoms with Crippen molar-refractivity contribution in [2.24, 2.45) is 0 Å². The number of rotatable bonds is 1. The molecule has 1 aromatic carbocycles. The lowest BCUT2D eigenvalue weighted by Gasteiger charge is -2.21. The zero-order valence-corrected chi connectivity index (χ0v) is 10.1. The highest BCUT2D eigenvalue weighted by Gasteiger charge is 2.23. The van der Waals surface area contributed by atoms with Crippen LogP contribution in [0.4, 0.5) is 0 Å². The number of fused-ring (bicyclic) bond motifs is 1. The fourth-order valence-electron chi connectivity index (χ4n) is 2.13. The van der Waals surface area contributed by atoms with Crippen LogP contribution in [0.2, 0.25) is 0 Å². The van der Waals surface area contributed by atoms with Gasteiger partial charge in [-0.1, -0.05) is 30.3 Å². The topological polar surface area (TPSA) is 54.9 Å². The summed E-state index contributed by atoms with van der Waals surface area (Å²) in [6.45, 7) is 1.98. The van der Waals surface area contributed by atoms with Crippen molar-refractivity contribution in [1.82, 2.24) is 15.3 Å². The average molecular weight is 239 g/mol. The summed E-state index contributed by atoms with van der Waals surface area (Å²) in [6.07, 6.45) is 2.37. The molecule has 4 nitrogen and oxygen atoms in total. The second kappa shape index (κ2) is 4.22. The zero-order valence-electron chi connectivity index (χ0n) is 10.1. The van der Waals surface area contributed by atoms with Crippen molar-refractivity contribution in [3.63, 3.8) is 0 Å². The lowest BCUT2D eigenvalue weighted by atomic mass is 10.0. The molecule has 0 bridgehead atoms. The van der Waals surface area contributed by atoms with Crippen LogP contribution in [0.3, 0.4) is 0 Å². The van der Waals surface area contributed by atoms with Crippen molar-refractivity contribution in [2.75, 3.05) is 0 Å². The summed E-state index contributed by atoms with van der Waals surface area (Å²) in [7, 11) is 0. The van der Waals surface area contributed by atoms with Gasteiger partial charge in [-0.15, -0.1) is 0 Å². The van der Waals surface area contributed by atoms with Crippen LogP contribution in [-0.2, 0) is 6.42 Å². The maximum atomic E-state index is 11.8. The smallest absolute Gasteiger partial charge is 0.254 e. The van der Waals surface area contributed by atoms with Gasteiger partial charge in [0.2, 0.25) is 0 Å². The zero-order chi connectivity index (χ0) is 12.5. The van der Waals surface area contributed by atoms with E-state index in [4.69, 9.17) is 0 Å². The van der Waals surface area contributed by atoms with Crippen molar-refractivity contribution >= 4 is 5.91 Å². The minimum atomic E-state index is -0.0802. The first-order valence-corrected chi connectivity index (χ1v) is 5.96. The van der Waals surface area contributed by atoms with E-state index in [2.05, 4.69) is 15.3 Å². The van der Waals surface area contributed by atoms with Crippen molar-refractivity contribution < 1.29 is 4.79 Å². The highest BCUT2D eigenvalue weighted by atomic mass is 16.1. The molecular weight excluding hydrogens is 226 g/mol. The molecule has 1 aromatic heterocycles. The predicted octanol–water partition coefficient (Wildman–Crippen LogP) is 1.82. The number of benzene rings is 1. The van der Waals surface area contributed by atoms with Gasteiger partial charge < -0.3 is 5.32 Å². The summed E-state index contributed by atoms with van der Waals surface area (Å²) in [5.74, 6) is 0.597. The Bertz CT molecular complexity index is 595. The Morgan fingerprint density at radius 2 is 2.06 bits per heavy atom. The van der Waals surface area contributed by atoms with Gasteiger partial charge in [-0.3, -0.25) is 4.79 Å². The Labute approximate surface area is 105 Å². The monoisotopic (exact) mass is 239 g/mol. The second-order valence-corrected chi connectivity index (χ2v) is 4.50. The maximum absolute atomic E-state index is 11.8. The summed E-state index contributed by atoms with van der Waals surface area (Å²) >= 11 is 0. The van der Waals surface area contributed by atoms with Gasteiger partial charge in [0.25, 0.3) is 5.91 Å². The first-order chi connectivity index (χ1) is 8.74. The molecule has 1 unspecified atom stereocenters. The Balaban J connectivity index is 2.06. The number of nitrogens with zero attached hydrogens (tertiary/aromatic N) is 2. The van der Waals surface area contributed by atoms with E-state index in [0.29, 0.717) is 11.4 Å². The third kappa shape index (κ3) is 1.86. The molecule has 2 heterocycles. The maximum Gasteiger partial charge on any atom is 0.254 e. The fourth-order valence-corrected chi connectivity index (χ4v) is 2.13. The molecule has 0 fully saturated rings. The van der Waals surface area contributed by atoms with E-state index in [1.165, 1.54) is 0 Å². The number of amides is 1. The number of carbonyl (C=O) groups excluding carboxylic acids is 1. The number of nitrogens with one attached hydrogen (secondary N) is 1. The molecule has 0 radical (unpaired) electrons. The third-order valence-corrected chi connectivity index (χ3v) is 3.02. The Kier molecular flexibility index (Phi) is 2.55. The molecular formula is C14H13N3O. The predicted molar refractivity (Wildman–Crippen MR) is 68.1 cm³/mol. The second-order valence-electron chi connectivity index (χ2n) is 4.50. The molecule has 1 aliphatic rings. The van der Waals surface area contributed by atoms with E-state index < -0.39 is 0 Å². The van der Waals surface area contributed by atoms with E-state index >= 15 is 0 Å². The molecule has 4 heteroatoms. The first-order valence-electron chi connectivity index (χ1n) is 5.96. The van der Waals surface area contributed by atoms with Gasteiger partial charge in [-0.05, 0) is 6.92 Å². The van der Waals surface area contributed by atoms with E-state index in [9.17, 15) is 4.79 Å². The minimum Gasteiger partial charge on any atom is -0.349 e. The number of aromatic nitrogens is 2. The van der Waals surface area contributed by atoms with Crippen LogP contribution >= 0.6 is 0 Å². The van der Waals surface area contributed by atoms with Crippen LogP contribution in [0.15, 0.2) is 36.5 Å². The van der Waals surface area contributed by atoms with Crippen LogP contribution in [0.1, 0.15) is 23.0 Å². The molecule has 1 N–H and O–H groups in total. The molecule has 1 amide bonds. The van der Waals surface area contributed by atoms with Gasteiger partial charge in [0.15, 0.2) is 5.82 Å². The lowest BCUT2D eigenvalue weighted by molar-refractivity contribution is 0.0927. The minimum absolute atomic E-state index is 0.0802. The molecule has 3 rings (SSSR count). The highest BCUT2D eigenvalue weighted by molar-refractivity contribution is 5.96. The number of hydrogen-bond acceptors (Lipinski definition) is 3. The largest absolute Gasteiger partial charge is 0.349 e. The van der Waals surface area contributed by atoms with E-state index in [1.54, 1.807) is 6.20 Å². The summed E-state index contributed by atoms with van der Waals surface area (Å²) in [4.78, 5) is 20.5. The Hall–Kier alpha value is -2.23. The summed E-state index contributed by atoms with van der Waals surface area (Å²) < 4.78 is 0. The summed E-state index contributed by atoms with van der Waals surface area (Å²) in [5.41, 5.74) is 2.40. The molecule has 0 saturated heterocycles. The van der Waals surface area contributed by atoms with Gasteiger partial charge in [0.05, 0.1) is 11.3 Å². The van der Waals surface area contributed by atoms with Gasteiger partial charge in [0.1, 0.15) is 0 Å². The fraction of sp³-hybridized carbons (Fsp3) is 0.214. The van der Waals surface area contributed by atoms with E-state index in [-0.39, 0.29) is 11.9 Å². The lowest BCUT2D eigenvalue weighted by Crippen LogP contribution is -2.40. The van der Waals surface area contributed by atoms with Crippen molar-refractivity contribution in [3.05, 3.63) is 47.8 Å². The van der Waals surface area contributed by atoms with Crippen LogP contribution < -0.4 is 5.32 Å². The quantitative estimate of drug-likeness (QED) is 0.825. The highest BCUT2D eigenvalue weighted by Crippen LogP contribution is 2.19. The molecule has 18 heavy (non-hydrogen) atoms. The van der Waals surface area contributed by atoms with E-state index in [0.717, 1.165) is 17.7 Å². The van der Waals surface area contributed by atoms with Gasteiger partial charge in [-0.2, -0.15) is 0 Å². The SMILES string of the molecule is CC1Cc2nc(-c3ccccc3)ncc2C(=O)N1. The summed E-state index contributed by atoms with van der Waals surface area (Å²) in [5, 5.41) is 2.88.